The maximum atomic E-state index is 12.5. The minimum Gasteiger partial charge on any atom is -0.489 e. The molecule has 0 radical (unpaired) electrons. The lowest BCUT2D eigenvalue weighted by Crippen LogP contribution is -2.06. The first kappa shape index (κ1) is 17.6. The maximum Gasteiger partial charge on any atom is 0.182 e. The van der Waals surface area contributed by atoms with Crippen LogP contribution in [0.15, 0.2) is 84.9 Å². The molecular formula is C22H18N4O2. The molecule has 0 aliphatic heterocycles. The topological polar surface area (TPSA) is 69.9 Å². The number of carbonyl (C=O) groups is 1. The number of tetrazole rings is 1. The van der Waals surface area contributed by atoms with Crippen LogP contribution in [0.25, 0.3) is 5.69 Å². The molecule has 0 spiro atoms. The molecule has 138 valence electrons. The molecule has 0 bridgehead atoms. The molecule has 0 atom stereocenters. The molecule has 0 aliphatic carbocycles. The van der Waals surface area contributed by atoms with Crippen molar-refractivity contribution in [2.75, 3.05) is 0 Å². The van der Waals surface area contributed by atoms with Crippen LogP contribution in [0.1, 0.15) is 21.7 Å². The van der Waals surface area contributed by atoms with E-state index in [9.17, 15) is 4.79 Å². The van der Waals surface area contributed by atoms with Crippen molar-refractivity contribution in [3.63, 3.8) is 0 Å². The van der Waals surface area contributed by atoms with Crippen molar-refractivity contribution in [2.24, 2.45) is 0 Å². The smallest absolute Gasteiger partial charge is 0.182 e. The van der Waals surface area contributed by atoms with Gasteiger partial charge >= 0.3 is 0 Å². The molecule has 1 aromatic heterocycles. The lowest BCUT2D eigenvalue weighted by molar-refractivity contribution is 0.0990. The number of ether oxygens (including phenoxy) is 1. The first-order valence-electron chi connectivity index (χ1n) is 8.92. The number of nitrogens with zero attached hydrogens (tertiary/aromatic N) is 4. The van der Waals surface area contributed by atoms with Crippen LogP contribution in [0, 0.1) is 0 Å². The molecule has 0 amide bonds. The molecule has 28 heavy (non-hydrogen) atoms. The fraction of sp³-hybridized carbons (Fsp3) is 0.0909. The lowest BCUT2D eigenvalue weighted by atomic mass is 10.1. The third-order valence-electron chi connectivity index (χ3n) is 4.19. The van der Waals surface area contributed by atoms with Gasteiger partial charge in [0, 0.05) is 5.56 Å². The molecule has 0 aliphatic rings. The standard InChI is InChI=1S/C22H18N4O2/c27-21(15-22-23-25-26(24-22)19-9-5-2-6-10-19)18-11-13-20(14-12-18)28-16-17-7-3-1-4-8-17/h1-14H,15-16H2. The number of ketones is 1. The van der Waals surface area contributed by atoms with Gasteiger partial charge in [-0.1, -0.05) is 48.5 Å². The number of benzene rings is 3. The molecule has 1 heterocycles. The van der Waals surface area contributed by atoms with Crippen molar-refractivity contribution < 1.29 is 9.53 Å². The first-order chi connectivity index (χ1) is 13.8. The number of aromatic nitrogens is 4. The average Bonchev–Trinajstić information content (AvgIpc) is 3.22. The van der Waals surface area contributed by atoms with E-state index in [4.69, 9.17) is 4.74 Å². The van der Waals surface area contributed by atoms with E-state index in [1.807, 2.05) is 60.7 Å². The van der Waals surface area contributed by atoms with Crippen LogP contribution in [0.4, 0.5) is 0 Å². The summed E-state index contributed by atoms with van der Waals surface area (Å²) in [5, 5.41) is 12.3. The van der Waals surface area contributed by atoms with Crippen molar-refractivity contribution in [1.82, 2.24) is 20.2 Å². The number of hydrogen-bond acceptors (Lipinski definition) is 5. The summed E-state index contributed by atoms with van der Waals surface area (Å²) in [4.78, 5) is 13.9. The minimum atomic E-state index is -0.0674. The quantitative estimate of drug-likeness (QED) is 0.464. The van der Waals surface area contributed by atoms with Crippen molar-refractivity contribution in [2.45, 2.75) is 13.0 Å². The van der Waals surface area contributed by atoms with Gasteiger partial charge in [-0.2, -0.15) is 0 Å². The van der Waals surface area contributed by atoms with Gasteiger partial charge in [0.05, 0.1) is 12.1 Å². The zero-order valence-corrected chi connectivity index (χ0v) is 15.1. The summed E-state index contributed by atoms with van der Waals surface area (Å²) >= 11 is 0. The van der Waals surface area contributed by atoms with Crippen LogP contribution in [0.3, 0.4) is 0 Å². The number of para-hydroxylation sites is 1. The van der Waals surface area contributed by atoms with Crippen LogP contribution >= 0.6 is 0 Å². The highest BCUT2D eigenvalue weighted by Gasteiger charge is 2.12. The second-order valence-electron chi connectivity index (χ2n) is 6.23. The average molecular weight is 370 g/mol. The minimum absolute atomic E-state index is 0.0674. The Balaban J connectivity index is 1.37. The SMILES string of the molecule is O=C(Cc1nnn(-c2ccccc2)n1)c1ccc(OCc2ccccc2)cc1. The fourth-order valence-electron chi connectivity index (χ4n) is 2.71. The van der Waals surface area contributed by atoms with Gasteiger partial charge in [0.1, 0.15) is 12.4 Å². The summed E-state index contributed by atoms with van der Waals surface area (Å²) in [5.41, 5.74) is 2.48. The van der Waals surface area contributed by atoms with E-state index >= 15 is 0 Å². The molecule has 0 fully saturated rings. The van der Waals surface area contributed by atoms with Gasteiger partial charge in [-0.05, 0) is 47.2 Å². The van der Waals surface area contributed by atoms with E-state index in [2.05, 4.69) is 15.4 Å². The van der Waals surface area contributed by atoms with E-state index in [0.717, 1.165) is 11.3 Å². The highest BCUT2D eigenvalue weighted by atomic mass is 16.5. The molecule has 4 rings (SSSR count). The van der Waals surface area contributed by atoms with Crippen LogP contribution in [0.2, 0.25) is 0 Å². The van der Waals surface area contributed by atoms with Crippen LogP contribution < -0.4 is 4.74 Å². The summed E-state index contributed by atoms with van der Waals surface area (Å²) in [7, 11) is 0. The van der Waals surface area contributed by atoms with Gasteiger partial charge < -0.3 is 4.74 Å². The predicted octanol–water partition coefficient (Wildman–Crippen LogP) is 3.67. The number of rotatable bonds is 7. The zero-order valence-electron chi connectivity index (χ0n) is 15.1. The summed E-state index contributed by atoms with van der Waals surface area (Å²) in [6.45, 7) is 0.487. The van der Waals surface area contributed by atoms with Crippen molar-refractivity contribution in [1.29, 1.82) is 0 Å². The normalized spacial score (nSPS) is 10.6. The Labute approximate surface area is 162 Å². The van der Waals surface area contributed by atoms with E-state index < -0.39 is 0 Å². The highest BCUT2D eigenvalue weighted by molar-refractivity contribution is 5.97. The highest BCUT2D eigenvalue weighted by Crippen LogP contribution is 2.15. The van der Waals surface area contributed by atoms with Crippen LogP contribution in [0.5, 0.6) is 5.75 Å². The van der Waals surface area contributed by atoms with E-state index in [1.165, 1.54) is 4.80 Å². The second-order valence-corrected chi connectivity index (χ2v) is 6.23. The second kappa shape index (κ2) is 8.26. The Morgan fingerprint density at radius 2 is 1.54 bits per heavy atom. The number of hydrogen-bond donors (Lipinski definition) is 0. The van der Waals surface area contributed by atoms with Crippen LogP contribution in [-0.2, 0) is 13.0 Å². The van der Waals surface area contributed by atoms with Gasteiger partial charge in [0.2, 0.25) is 0 Å². The monoisotopic (exact) mass is 370 g/mol. The van der Waals surface area contributed by atoms with E-state index in [1.54, 1.807) is 24.3 Å². The maximum absolute atomic E-state index is 12.5. The van der Waals surface area contributed by atoms with Gasteiger partial charge in [-0.25, -0.2) is 0 Å². The fourth-order valence-corrected chi connectivity index (χ4v) is 2.71. The molecular weight excluding hydrogens is 352 g/mol. The van der Waals surface area contributed by atoms with Gasteiger partial charge in [0.15, 0.2) is 11.6 Å². The number of carbonyl (C=O) groups excluding carboxylic acids is 1. The van der Waals surface area contributed by atoms with Crippen LogP contribution in [-0.4, -0.2) is 26.0 Å². The summed E-state index contributed by atoms with van der Waals surface area (Å²) in [5.74, 6) is 1.04. The molecule has 0 saturated carbocycles. The Bertz CT molecular complexity index is 1040. The van der Waals surface area contributed by atoms with Gasteiger partial charge in [-0.3, -0.25) is 4.79 Å². The summed E-state index contributed by atoms with van der Waals surface area (Å²) < 4.78 is 5.75. The number of Topliss-reactive ketones (excluding diaryl/α,β-unsaturated/α-hetero) is 1. The molecule has 0 N–H and O–H groups in total. The van der Waals surface area contributed by atoms with E-state index in [0.29, 0.717) is 23.7 Å². The molecule has 6 heteroatoms. The molecule has 6 nitrogen and oxygen atoms in total. The Morgan fingerprint density at radius 3 is 2.25 bits per heavy atom. The third kappa shape index (κ3) is 4.29. The summed E-state index contributed by atoms with van der Waals surface area (Å²) in [6, 6.07) is 26.5. The van der Waals surface area contributed by atoms with Crippen molar-refractivity contribution >= 4 is 5.78 Å². The van der Waals surface area contributed by atoms with Gasteiger partial charge in [-0.15, -0.1) is 15.0 Å². The van der Waals surface area contributed by atoms with E-state index in [-0.39, 0.29) is 12.2 Å². The lowest BCUT2D eigenvalue weighted by Gasteiger charge is -2.07. The Hall–Kier alpha value is -3.80. The van der Waals surface area contributed by atoms with Crippen molar-refractivity contribution in [3.8, 4) is 11.4 Å². The Morgan fingerprint density at radius 1 is 0.857 bits per heavy atom. The Kier molecular flexibility index (Phi) is 5.20. The molecule has 4 aromatic rings. The van der Waals surface area contributed by atoms with Gasteiger partial charge in [0.25, 0.3) is 0 Å². The molecule has 0 unspecified atom stereocenters. The largest absolute Gasteiger partial charge is 0.489 e. The van der Waals surface area contributed by atoms with Crippen molar-refractivity contribution in [3.05, 3.63) is 102 Å². The first-order valence-corrected chi connectivity index (χ1v) is 8.92. The summed E-state index contributed by atoms with van der Waals surface area (Å²) in [6.07, 6.45) is 0.0943. The molecule has 3 aromatic carbocycles. The predicted molar refractivity (Wildman–Crippen MR) is 104 cm³/mol. The zero-order chi connectivity index (χ0) is 19.2. The third-order valence-corrected chi connectivity index (χ3v) is 4.19. The molecule has 0 saturated heterocycles.